The molecule has 1 heterocycles. The van der Waals surface area contributed by atoms with E-state index in [9.17, 15) is 4.79 Å². The van der Waals surface area contributed by atoms with Gasteiger partial charge in [-0.3, -0.25) is 9.78 Å². The van der Waals surface area contributed by atoms with Crippen LogP contribution in [0.2, 0.25) is 0 Å². The molecule has 0 amide bonds. The van der Waals surface area contributed by atoms with Crippen LogP contribution in [0.3, 0.4) is 0 Å². The molecule has 0 saturated heterocycles. The molecule has 0 bridgehead atoms. The Balaban J connectivity index is 2.91. The maximum absolute atomic E-state index is 10.9. The Morgan fingerprint density at radius 3 is 3.07 bits per heavy atom. The number of ether oxygens (including phenoxy) is 1. The molecule has 0 unspecified atom stereocenters. The van der Waals surface area contributed by atoms with Gasteiger partial charge < -0.3 is 4.74 Å². The van der Waals surface area contributed by atoms with Crippen LogP contribution in [-0.2, 0) is 16.0 Å². The minimum Gasteiger partial charge on any atom is -0.469 e. The third kappa shape index (κ3) is 2.54. The second kappa shape index (κ2) is 4.72. The molecule has 0 aliphatic carbocycles. The molecule has 0 N–H and O–H groups in total. The molecule has 1 aromatic heterocycles. The van der Waals surface area contributed by atoms with E-state index in [4.69, 9.17) is 5.26 Å². The van der Waals surface area contributed by atoms with Crippen LogP contribution in [0, 0.1) is 11.3 Å². The summed E-state index contributed by atoms with van der Waals surface area (Å²) in [6.07, 6.45) is 1.58. The number of rotatable bonds is 2. The van der Waals surface area contributed by atoms with Crippen LogP contribution in [0.25, 0.3) is 0 Å². The first-order valence-electron chi connectivity index (χ1n) is 3.78. The van der Waals surface area contributed by atoms with Gasteiger partial charge in [-0.2, -0.15) is 5.26 Å². The molecule has 1 rings (SSSR count). The van der Waals surface area contributed by atoms with Crippen LogP contribution in [0.1, 0.15) is 11.3 Å². The molecule has 0 aliphatic rings. The summed E-state index contributed by atoms with van der Waals surface area (Å²) in [5, 5.41) is 8.71. The standard InChI is InChI=1S/C9H7BrN2O2/c1-14-9(13)3-7-2-6(4-11)8(10)5-12-7/h2,5H,3H2,1H3. The largest absolute Gasteiger partial charge is 0.469 e. The summed E-state index contributed by atoms with van der Waals surface area (Å²) in [6.45, 7) is 0. The van der Waals surface area contributed by atoms with Gasteiger partial charge in [0.1, 0.15) is 6.07 Å². The Morgan fingerprint density at radius 1 is 1.79 bits per heavy atom. The van der Waals surface area contributed by atoms with E-state index in [1.54, 1.807) is 6.07 Å². The molecule has 0 spiro atoms. The molecule has 14 heavy (non-hydrogen) atoms. The summed E-state index contributed by atoms with van der Waals surface area (Å²) in [7, 11) is 1.31. The fourth-order valence-corrected chi connectivity index (χ4v) is 1.19. The third-order valence-electron chi connectivity index (χ3n) is 1.59. The molecule has 5 heteroatoms. The molecular weight excluding hydrogens is 248 g/mol. The van der Waals surface area contributed by atoms with Gasteiger partial charge in [0.05, 0.1) is 29.3 Å². The Labute approximate surface area is 89.6 Å². The Hall–Kier alpha value is -1.41. The molecule has 0 aromatic carbocycles. The highest BCUT2D eigenvalue weighted by Gasteiger charge is 2.06. The van der Waals surface area contributed by atoms with E-state index >= 15 is 0 Å². The second-order valence-electron chi connectivity index (χ2n) is 2.52. The van der Waals surface area contributed by atoms with Gasteiger partial charge in [0.15, 0.2) is 0 Å². The maximum Gasteiger partial charge on any atom is 0.311 e. The topological polar surface area (TPSA) is 63.0 Å². The van der Waals surface area contributed by atoms with E-state index in [0.29, 0.717) is 15.7 Å². The van der Waals surface area contributed by atoms with Gasteiger partial charge in [-0.25, -0.2) is 0 Å². The van der Waals surface area contributed by atoms with Gasteiger partial charge >= 0.3 is 5.97 Å². The monoisotopic (exact) mass is 254 g/mol. The number of pyridine rings is 1. The Morgan fingerprint density at radius 2 is 2.50 bits per heavy atom. The highest BCUT2D eigenvalue weighted by Crippen LogP contribution is 2.15. The Kier molecular flexibility index (Phi) is 3.60. The van der Waals surface area contributed by atoms with Crippen LogP contribution in [0.15, 0.2) is 16.7 Å². The number of hydrogen-bond acceptors (Lipinski definition) is 4. The van der Waals surface area contributed by atoms with Gasteiger partial charge in [-0.15, -0.1) is 0 Å². The van der Waals surface area contributed by atoms with Crippen molar-refractivity contribution in [3.05, 3.63) is 28.0 Å². The summed E-state index contributed by atoms with van der Waals surface area (Å²) in [6, 6.07) is 3.54. The Bertz CT molecular complexity index is 398. The van der Waals surface area contributed by atoms with E-state index in [1.807, 2.05) is 6.07 Å². The summed E-state index contributed by atoms with van der Waals surface area (Å²) in [4.78, 5) is 14.9. The van der Waals surface area contributed by atoms with Crippen molar-refractivity contribution >= 4 is 21.9 Å². The molecule has 0 saturated carbocycles. The maximum atomic E-state index is 10.9. The zero-order chi connectivity index (χ0) is 10.6. The van der Waals surface area contributed by atoms with Crippen LogP contribution < -0.4 is 0 Å². The quantitative estimate of drug-likeness (QED) is 0.750. The molecule has 0 radical (unpaired) electrons. The molecule has 1 aromatic rings. The van der Waals surface area contributed by atoms with Crippen molar-refractivity contribution < 1.29 is 9.53 Å². The van der Waals surface area contributed by atoms with Crippen molar-refractivity contribution in [2.45, 2.75) is 6.42 Å². The van der Waals surface area contributed by atoms with Crippen molar-refractivity contribution in [2.24, 2.45) is 0 Å². The van der Waals surface area contributed by atoms with Crippen LogP contribution in [-0.4, -0.2) is 18.1 Å². The molecular formula is C9H7BrN2O2. The molecule has 4 nitrogen and oxygen atoms in total. The highest BCUT2D eigenvalue weighted by molar-refractivity contribution is 9.10. The van der Waals surface area contributed by atoms with E-state index in [-0.39, 0.29) is 12.4 Å². The molecule has 0 aliphatic heterocycles. The van der Waals surface area contributed by atoms with Gasteiger partial charge in [-0.1, -0.05) is 0 Å². The average molecular weight is 255 g/mol. The van der Waals surface area contributed by atoms with Gasteiger partial charge in [0.2, 0.25) is 0 Å². The van der Waals surface area contributed by atoms with Gasteiger partial charge in [0, 0.05) is 6.20 Å². The number of nitrogens with zero attached hydrogens (tertiary/aromatic N) is 2. The number of aromatic nitrogens is 1. The van der Waals surface area contributed by atoms with Crippen LogP contribution in [0.4, 0.5) is 0 Å². The highest BCUT2D eigenvalue weighted by atomic mass is 79.9. The second-order valence-corrected chi connectivity index (χ2v) is 3.37. The number of esters is 1. The zero-order valence-corrected chi connectivity index (χ0v) is 9.04. The summed E-state index contributed by atoms with van der Waals surface area (Å²) in [5.74, 6) is -0.372. The van der Waals surface area contributed by atoms with Gasteiger partial charge in [0.25, 0.3) is 0 Å². The lowest BCUT2D eigenvalue weighted by Crippen LogP contribution is -2.06. The lowest BCUT2D eigenvalue weighted by Gasteiger charge is -2.00. The fourth-order valence-electron chi connectivity index (χ4n) is 0.884. The first-order valence-corrected chi connectivity index (χ1v) is 4.58. The summed E-state index contributed by atoms with van der Waals surface area (Å²) < 4.78 is 5.10. The van der Waals surface area contributed by atoms with E-state index < -0.39 is 0 Å². The minimum absolute atomic E-state index is 0.0818. The minimum atomic E-state index is -0.372. The fraction of sp³-hybridized carbons (Fsp3) is 0.222. The molecule has 0 atom stereocenters. The van der Waals surface area contributed by atoms with Crippen molar-refractivity contribution in [3.63, 3.8) is 0 Å². The summed E-state index contributed by atoms with van der Waals surface area (Å²) in [5.41, 5.74) is 0.982. The molecule has 0 fully saturated rings. The van der Waals surface area contributed by atoms with E-state index in [0.717, 1.165) is 0 Å². The first-order chi connectivity index (χ1) is 6.67. The molecule has 72 valence electrons. The third-order valence-corrected chi connectivity index (χ3v) is 2.22. The van der Waals surface area contributed by atoms with Crippen molar-refractivity contribution in [1.29, 1.82) is 5.26 Å². The smallest absolute Gasteiger partial charge is 0.311 e. The van der Waals surface area contributed by atoms with Crippen molar-refractivity contribution in [1.82, 2.24) is 4.98 Å². The summed E-state index contributed by atoms with van der Waals surface area (Å²) >= 11 is 3.17. The first kappa shape index (κ1) is 10.7. The van der Waals surface area contributed by atoms with Crippen LogP contribution in [0.5, 0.6) is 0 Å². The van der Waals surface area contributed by atoms with Crippen molar-refractivity contribution in [3.8, 4) is 6.07 Å². The van der Waals surface area contributed by atoms with Gasteiger partial charge in [-0.05, 0) is 22.0 Å². The number of nitriles is 1. The van der Waals surface area contributed by atoms with E-state index in [1.165, 1.54) is 13.3 Å². The predicted octanol–water partition coefficient (Wildman–Crippen LogP) is 1.43. The lowest BCUT2D eigenvalue weighted by molar-refractivity contribution is -0.139. The number of methoxy groups -OCH3 is 1. The normalized spacial score (nSPS) is 9.21. The van der Waals surface area contributed by atoms with Crippen molar-refractivity contribution in [2.75, 3.05) is 7.11 Å². The number of halogens is 1. The zero-order valence-electron chi connectivity index (χ0n) is 7.45. The van der Waals surface area contributed by atoms with E-state index in [2.05, 4.69) is 25.7 Å². The number of carbonyl (C=O) groups is 1. The lowest BCUT2D eigenvalue weighted by atomic mass is 10.2. The predicted molar refractivity (Wildman–Crippen MR) is 52.4 cm³/mol. The van der Waals surface area contributed by atoms with Crippen LogP contribution >= 0.6 is 15.9 Å². The SMILES string of the molecule is COC(=O)Cc1cc(C#N)c(Br)cn1. The average Bonchev–Trinajstić information content (AvgIpc) is 2.20. The number of carbonyl (C=O) groups excluding carboxylic acids is 1. The number of hydrogen-bond donors (Lipinski definition) is 0.